The van der Waals surface area contributed by atoms with Crippen LogP contribution in [0.1, 0.15) is 74.4 Å². The maximum atomic E-state index is 12.8. The number of benzene rings is 2. The van der Waals surface area contributed by atoms with Crippen LogP contribution in [0.25, 0.3) is 12.2 Å². The molecule has 2 rings (SSSR count). The average Bonchev–Trinajstić information content (AvgIpc) is 2.85. The molecule has 0 aliphatic heterocycles. The van der Waals surface area contributed by atoms with E-state index in [1.807, 2.05) is 44.2 Å². The highest BCUT2D eigenvalue weighted by atomic mass is 16.5. The van der Waals surface area contributed by atoms with Gasteiger partial charge in [-0.1, -0.05) is 69.2 Å². The smallest absolute Gasteiger partial charge is 0.341 e. The van der Waals surface area contributed by atoms with Crippen LogP contribution < -0.4 is 9.47 Å². The van der Waals surface area contributed by atoms with Crippen molar-refractivity contribution in [2.75, 3.05) is 6.61 Å². The fourth-order valence-corrected chi connectivity index (χ4v) is 3.23. The number of rotatable bonds is 14. The molecule has 0 bridgehead atoms. The normalized spacial score (nSPS) is 11.8. The minimum absolute atomic E-state index is 0.171. The van der Waals surface area contributed by atoms with Gasteiger partial charge in [0.25, 0.3) is 0 Å². The van der Waals surface area contributed by atoms with Gasteiger partial charge in [-0.3, -0.25) is 4.79 Å². The van der Waals surface area contributed by atoms with E-state index >= 15 is 0 Å². The first kappa shape index (κ1) is 26.7. The molecule has 0 radical (unpaired) electrons. The highest BCUT2D eigenvalue weighted by Gasteiger charge is 2.14. The van der Waals surface area contributed by atoms with Crippen molar-refractivity contribution in [2.24, 2.45) is 0 Å². The Hall–Kier alpha value is -3.60. The van der Waals surface area contributed by atoms with Gasteiger partial charge >= 0.3 is 5.97 Å². The summed E-state index contributed by atoms with van der Waals surface area (Å²) < 4.78 is 11.2. The summed E-state index contributed by atoms with van der Waals surface area (Å²) in [5, 5.41) is 8.99. The fourth-order valence-electron chi connectivity index (χ4n) is 3.23. The van der Waals surface area contributed by atoms with Crippen molar-refractivity contribution in [3.05, 3.63) is 83.1 Å². The zero-order chi connectivity index (χ0) is 24.8. The lowest BCUT2D eigenvalue weighted by atomic mass is 10.1. The van der Waals surface area contributed by atoms with E-state index in [1.165, 1.54) is 25.3 Å². The highest BCUT2D eigenvalue weighted by molar-refractivity contribution is 6.08. The summed E-state index contributed by atoms with van der Waals surface area (Å²) in [5.74, 6) is 0.0114. The van der Waals surface area contributed by atoms with Gasteiger partial charge in [-0.2, -0.15) is 0 Å². The summed E-state index contributed by atoms with van der Waals surface area (Å²) in [6.07, 6.45) is 14.8. The molecule has 2 aromatic rings. The molecule has 0 amide bonds. The largest absolute Gasteiger partial charge is 0.481 e. The zero-order valence-corrected chi connectivity index (χ0v) is 20.3. The van der Waals surface area contributed by atoms with Gasteiger partial charge in [0.05, 0.1) is 11.3 Å². The number of aliphatic carboxylic acids is 1. The van der Waals surface area contributed by atoms with E-state index in [-0.39, 0.29) is 17.1 Å². The summed E-state index contributed by atoms with van der Waals surface area (Å²) in [4.78, 5) is 23.8. The first-order valence-electron chi connectivity index (χ1n) is 11.8. The van der Waals surface area contributed by atoms with E-state index in [0.29, 0.717) is 12.2 Å². The van der Waals surface area contributed by atoms with Crippen LogP contribution >= 0.6 is 0 Å². The zero-order valence-electron chi connectivity index (χ0n) is 20.3. The number of hydrogen-bond acceptors (Lipinski definition) is 4. The number of hydrogen-bond donors (Lipinski definition) is 1. The lowest BCUT2D eigenvalue weighted by Gasteiger charge is -2.12. The second-order valence-electron chi connectivity index (χ2n) is 7.81. The molecular weight excluding hydrogens is 428 g/mol. The molecule has 0 spiro atoms. The van der Waals surface area contributed by atoms with Gasteiger partial charge in [-0.25, -0.2) is 4.79 Å². The summed E-state index contributed by atoms with van der Waals surface area (Å²) in [6, 6.07) is 12.8. The molecule has 1 N–H and O–H groups in total. The molecule has 0 saturated heterocycles. The molecule has 180 valence electrons. The summed E-state index contributed by atoms with van der Waals surface area (Å²) >= 11 is 0. The number of unbranched alkanes of at least 4 members (excludes halogenated alkanes) is 3. The lowest BCUT2D eigenvalue weighted by molar-refractivity contribution is -0.139. The second-order valence-corrected chi connectivity index (χ2v) is 7.81. The third kappa shape index (κ3) is 9.10. The standard InChI is InChI=1S/C29H34O5/c1-4-7-8-9-10-11-22-12-14-23(15-13-22)16-19-27(30)26-18-17-25(34-24(5-2)6-3)20-28(26)33-21-29(31)32/h5,10-20H,4,6-9,21H2,1-3H3,(H,31,32)/b11-10+,19-16+,24-5-. The molecule has 5 heteroatoms. The molecule has 0 heterocycles. The third-order valence-electron chi connectivity index (χ3n) is 5.14. The van der Waals surface area contributed by atoms with Gasteiger partial charge in [0.2, 0.25) is 0 Å². The maximum Gasteiger partial charge on any atom is 0.341 e. The van der Waals surface area contributed by atoms with E-state index in [2.05, 4.69) is 19.1 Å². The van der Waals surface area contributed by atoms with Crippen molar-refractivity contribution in [1.29, 1.82) is 0 Å². The molecule has 0 aliphatic rings. The van der Waals surface area contributed by atoms with Crippen LogP contribution in [0.3, 0.4) is 0 Å². The van der Waals surface area contributed by atoms with Gasteiger partial charge in [0, 0.05) is 12.5 Å². The van der Waals surface area contributed by atoms with Gasteiger partial charge < -0.3 is 14.6 Å². The quantitative estimate of drug-likeness (QED) is 0.138. The Morgan fingerprint density at radius 3 is 2.29 bits per heavy atom. The molecule has 34 heavy (non-hydrogen) atoms. The molecule has 2 aromatic carbocycles. The topological polar surface area (TPSA) is 72.8 Å². The number of carboxylic acid groups (broad SMARTS) is 1. The highest BCUT2D eigenvalue weighted by Crippen LogP contribution is 2.28. The monoisotopic (exact) mass is 462 g/mol. The first-order valence-corrected chi connectivity index (χ1v) is 11.8. The van der Waals surface area contributed by atoms with E-state index in [9.17, 15) is 9.59 Å². The van der Waals surface area contributed by atoms with Crippen molar-refractivity contribution in [3.63, 3.8) is 0 Å². The predicted octanol–water partition coefficient (Wildman–Crippen LogP) is 7.33. The molecule has 0 fully saturated rings. The van der Waals surface area contributed by atoms with Crippen LogP contribution in [0.4, 0.5) is 0 Å². The molecular formula is C29H34O5. The number of ether oxygens (including phenoxy) is 2. The summed E-state index contributed by atoms with van der Waals surface area (Å²) in [5.41, 5.74) is 2.28. The number of ketones is 1. The van der Waals surface area contributed by atoms with E-state index in [4.69, 9.17) is 14.6 Å². The Balaban J connectivity index is 2.12. The summed E-state index contributed by atoms with van der Waals surface area (Å²) in [6.45, 7) is 5.49. The predicted molar refractivity (Wildman–Crippen MR) is 137 cm³/mol. The van der Waals surface area contributed by atoms with Gasteiger partial charge in [0.15, 0.2) is 12.4 Å². The molecule has 0 unspecified atom stereocenters. The van der Waals surface area contributed by atoms with E-state index in [1.54, 1.807) is 24.3 Å². The Bertz CT molecular complexity index is 1030. The van der Waals surface area contributed by atoms with Crippen molar-refractivity contribution in [1.82, 2.24) is 0 Å². The SMILES string of the molecule is C/C=C(/CC)Oc1ccc(C(=O)/C=C/c2ccc(/C=C/CCCCC)cc2)c(OCC(=O)O)c1. The Morgan fingerprint density at radius 1 is 0.971 bits per heavy atom. The van der Waals surface area contributed by atoms with Gasteiger partial charge in [-0.05, 0) is 55.2 Å². The Labute approximate surface area is 202 Å². The first-order chi connectivity index (χ1) is 16.5. The minimum Gasteiger partial charge on any atom is -0.481 e. The van der Waals surface area contributed by atoms with Crippen LogP contribution in [0.15, 0.2) is 66.5 Å². The molecule has 5 nitrogen and oxygen atoms in total. The fraction of sp³-hybridized carbons (Fsp3) is 0.310. The van der Waals surface area contributed by atoms with Crippen molar-refractivity contribution < 1.29 is 24.2 Å². The van der Waals surface area contributed by atoms with E-state index in [0.717, 1.165) is 23.3 Å². The second kappa shape index (κ2) is 14.5. The Kier molecular flexibility index (Phi) is 11.4. The molecule has 0 aromatic heterocycles. The van der Waals surface area contributed by atoms with Crippen LogP contribution in [0.2, 0.25) is 0 Å². The van der Waals surface area contributed by atoms with Gasteiger partial charge in [0.1, 0.15) is 11.5 Å². The molecule has 0 saturated carbocycles. The third-order valence-corrected chi connectivity index (χ3v) is 5.14. The van der Waals surface area contributed by atoms with Crippen molar-refractivity contribution >= 4 is 23.9 Å². The summed E-state index contributed by atoms with van der Waals surface area (Å²) in [7, 11) is 0. The Morgan fingerprint density at radius 2 is 1.68 bits per heavy atom. The number of allylic oxidation sites excluding steroid dienone is 4. The van der Waals surface area contributed by atoms with Crippen LogP contribution in [-0.2, 0) is 4.79 Å². The lowest BCUT2D eigenvalue weighted by Crippen LogP contribution is -2.12. The number of carbonyl (C=O) groups is 2. The van der Waals surface area contributed by atoms with Crippen LogP contribution in [0, 0.1) is 0 Å². The molecule has 0 aliphatic carbocycles. The average molecular weight is 463 g/mol. The molecule has 0 atom stereocenters. The van der Waals surface area contributed by atoms with Crippen molar-refractivity contribution in [2.45, 2.75) is 52.9 Å². The minimum atomic E-state index is -1.12. The van der Waals surface area contributed by atoms with Crippen molar-refractivity contribution in [3.8, 4) is 11.5 Å². The maximum absolute atomic E-state index is 12.8. The number of carbonyl (C=O) groups excluding carboxylic acids is 1. The van der Waals surface area contributed by atoms with Crippen LogP contribution in [0.5, 0.6) is 11.5 Å². The van der Waals surface area contributed by atoms with E-state index < -0.39 is 12.6 Å². The number of carboxylic acids is 1. The van der Waals surface area contributed by atoms with Gasteiger partial charge in [-0.15, -0.1) is 0 Å². The van der Waals surface area contributed by atoms with Crippen LogP contribution in [-0.4, -0.2) is 23.5 Å².